The molecule has 10 rings (SSSR count). The number of anilines is 5. The van der Waals surface area contributed by atoms with Gasteiger partial charge in [0.2, 0.25) is 6.71 Å². The largest absolute Gasteiger partial charge is 0.486 e. The molecular formula is C50H59BN2OS. The molecule has 0 N–H and O–H groups in total. The maximum absolute atomic E-state index is 7.23. The highest BCUT2D eigenvalue weighted by atomic mass is 32.2. The van der Waals surface area contributed by atoms with Gasteiger partial charge in [-0.15, -0.1) is 11.8 Å². The van der Waals surface area contributed by atoms with E-state index in [9.17, 15) is 0 Å². The summed E-state index contributed by atoms with van der Waals surface area (Å²) in [6, 6.07) is 29.1. The highest BCUT2D eigenvalue weighted by Crippen LogP contribution is 2.69. The van der Waals surface area contributed by atoms with Crippen LogP contribution in [0.2, 0.25) is 0 Å². The summed E-state index contributed by atoms with van der Waals surface area (Å²) in [5, 5.41) is 1.46. The van der Waals surface area contributed by atoms with E-state index in [-0.39, 0.29) is 38.7 Å². The third-order valence-corrected chi connectivity index (χ3v) is 17.2. The van der Waals surface area contributed by atoms with E-state index in [0.29, 0.717) is 0 Å². The van der Waals surface area contributed by atoms with Gasteiger partial charge in [-0.2, -0.15) is 0 Å². The lowest BCUT2D eigenvalue weighted by Crippen LogP contribution is -2.58. The Morgan fingerprint density at radius 1 is 0.636 bits per heavy atom. The Kier molecular flexibility index (Phi) is 7.36. The van der Waals surface area contributed by atoms with E-state index >= 15 is 0 Å². The molecule has 284 valence electrons. The van der Waals surface area contributed by atoms with Crippen LogP contribution in [0, 0.1) is 12.3 Å². The lowest BCUT2D eigenvalue weighted by molar-refractivity contribution is 0.00742. The maximum Gasteiger partial charge on any atom is 0.249 e. The average Bonchev–Trinajstić information content (AvgIpc) is 3.63. The predicted octanol–water partition coefficient (Wildman–Crippen LogP) is 12.6. The molecule has 4 aromatic carbocycles. The summed E-state index contributed by atoms with van der Waals surface area (Å²) in [5.74, 6) is 1.12. The van der Waals surface area contributed by atoms with Crippen LogP contribution in [0.25, 0.3) is 0 Å². The lowest BCUT2D eigenvalue weighted by atomic mass is 9.29. The summed E-state index contributed by atoms with van der Waals surface area (Å²) in [6.07, 6.45) is 8.53. The van der Waals surface area contributed by atoms with Crippen molar-refractivity contribution in [2.75, 3.05) is 9.80 Å². The van der Waals surface area contributed by atoms with Crippen molar-refractivity contribution in [2.24, 2.45) is 5.41 Å². The number of rotatable bonds is 2. The number of allylic oxidation sites excluding steroid dienone is 1. The second-order valence-corrected chi connectivity index (χ2v) is 22.4. The molecule has 2 aliphatic carbocycles. The minimum atomic E-state index is -0.183. The summed E-state index contributed by atoms with van der Waals surface area (Å²) in [6.45, 7) is 26.4. The van der Waals surface area contributed by atoms with Crippen LogP contribution in [0.5, 0.6) is 5.75 Å². The summed E-state index contributed by atoms with van der Waals surface area (Å²) in [5.41, 5.74) is 16.5. The van der Waals surface area contributed by atoms with Crippen LogP contribution in [0.4, 0.5) is 28.4 Å². The quantitative estimate of drug-likeness (QED) is 0.190. The molecule has 55 heavy (non-hydrogen) atoms. The molecular weight excluding hydrogens is 687 g/mol. The number of fused-ring (bicyclic) bond motifs is 8. The number of hydrogen-bond donors (Lipinski definition) is 0. The summed E-state index contributed by atoms with van der Waals surface area (Å²) in [7, 11) is 0. The molecule has 0 radical (unpaired) electrons. The van der Waals surface area contributed by atoms with Gasteiger partial charge in [0.25, 0.3) is 0 Å². The standard InChI is InChI=1S/C50H59BN2OS/c1-31-27-39-42-40(28-31)53(35-21-17-33(18-22-35)46(5,6)7)44-43(48(9)24-14-26-50(48,11)55-44)51(42)37-30-41-36(47(8)23-12-13-25-49(47,10)54-41)29-38(37)52(39)34-19-15-32(16-20-34)45(2,3)4/h15-22,27-30H,12-14,23-26H2,1-11H3. The Balaban J connectivity index is 1.28. The van der Waals surface area contributed by atoms with Gasteiger partial charge in [-0.25, -0.2) is 0 Å². The first-order valence-electron chi connectivity index (χ1n) is 21.1. The fourth-order valence-electron chi connectivity index (χ4n) is 11.7. The van der Waals surface area contributed by atoms with E-state index in [1.807, 2.05) is 0 Å². The van der Waals surface area contributed by atoms with E-state index in [1.54, 1.807) is 5.47 Å². The lowest BCUT2D eigenvalue weighted by Gasteiger charge is -2.47. The third-order valence-electron chi connectivity index (χ3n) is 15.5. The zero-order valence-electron chi connectivity index (χ0n) is 35.2. The van der Waals surface area contributed by atoms with Gasteiger partial charge in [0.1, 0.15) is 11.4 Å². The molecule has 4 unspecified atom stereocenters. The van der Waals surface area contributed by atoms with E-state index in [2.05, 4.69) is 171 Å². The van der Waals surface area contributed by atoms with Crippen molar-refractivity contribution in [3.8, 4) is 5.75 Å². The smallest absolute Gasteiger partial charge is 0.249 e. The van der Waals surface area contributed by atoms with Gasteiger partial charge in [-0.3, -0.25) is 0 Å². The monoisotopic (exact) mass is 746 g/mol. The van der Waals surface area contributed by atoms with E-state index in [4.69, 9.17) is 4.74 Å². The maximum atomic E-state index is 7.23. The zero-order valence-corrected chi connectivity index (χ0v) is 36.0. The zero-order chi connectivity index (χ0) is 38.7. The van der Waals surface area contributed by atoms with Gasteiger partial charge in [0, 0.05) is 44.2 Å². The normalized spacial score (nSPS) is 29.0. The Hall–Kier alpha value is -3.57. The SMILES string of the molecule is Cc1cc2c3c(c1)N(c1ccc(C(C)(C)C)cc1)c1cc4c(cc1B3C1=C(SC3(C)CCCC13C)N2c1ccc(C(C)(C)C)cc1)OC1(C)CCCCC41C. The van der Waals surface area contributed by atoms with Gasteiger partial charge in [-0.05, 0) is 145 Å². The van der Waals surface area contributed by atoms with Crippen molar-refractivity contribution in [1.29, 1.82) is 0 Å². The van der Waals surface area contributed by atoms with Crippen molar-refractivity contribution in [2.45, 2.75) is 148 Å². The fraction of sp³-hybridized carbons (Fsp3) is 0.480. The van der Waals surface area contributed by atoms with Crippen molar-refractivity contribution < 1.29 is 4.74 Å². The molecule has 2 fully saturated rings. The third kappa shape index (κ3) is 4.77. The van der Waals surface area contributed by atoms with Crippen LogP contribution < -0.4 is 25.5 Å². The minimum Gasteiger partial charge on any atom is -0.486 e. The van der Waals surface area contributed by atoms with Crippen molar-refractivity contribution in [3.05, 3.63) is 106 Å². The molecule has 4 heterocycles. The molecule has 5 heteroatoms. The molecule has 3 nitrogen and oxygen atoms in total. The Labute approximate surface area is 335 Å². The second-order valence-electron chi connectivity index (χ2n) is 20.9. The van der Waals surface area contributed by atoms with Gasteiger partial charge in [-0.1, -0.05) is 98.0 Å². The first-order valence-corrected chi connectivity index (χ1v) is 22.0. The number of hydrogen-bond acceptors (Lipinski definition) is 4. The van der Waals surface area contributed by atoms with Crippen LogP contribution in [0.1, 0.15) is 136 Å². The molecule has 0 amide bonds. The molecule has 4 atom stereocenters. The van der Waals surface area contributed by atoms with Crippen LogP contribution >= 0.6 is 11.8 Å². The van der Waals surface area contributed by atoms with Gasteiger partial charge in [0.05, 0.1) is 5.03 Å². The predicted molar refractivity (Wildman–Crippen MR) is 237 cm³/mol. The molecule has 0 saturated heterocycles. The van der Waals surface area contributed by atoms with E-state index in [1.165, 1.54) is 105 Å². The Bertz CT molecular complexity index is 2310. The van der Waals surface area contributed by atoms with E-state index in [0.717, 1.165) is 12.2 Å². The molecule has 4 aromatic rings. The van der Waals surface area contributed by atoms with Crippen LogP contribution in [0.15, 0.2) is 83.3 Å². The van der Waals surface area contributed by atoms with Gasteiger partial charge < -0.3 is 14.5 Å². The number of aryl methyl sites for hydroxylation is 1. The summed E-state index contributed by atoms with van der Waals surface area (Å²) < 4.78 is 7.37. The van der Waals surface area contributed by atoms with Crippen molar-refractivity contribution >= 4 is 57.8 Å². The Morgan fingerprint density at radius 2 is 1.20 bits per heavy atom. The van der Waals surface area contributed by atoms with E-state index < -0.39 is 0 Å². The molecule has 4 aliphatic heterocycles. The number of thioether (sulfide) groups is 1. The minimum absolute atomic E-state index is 0.0123. The Morgan fingerprint density at radius 3 is 1.82 bits per heavy atom. The molecule has 6 aliphatic rings. The van der Waals surface area contributed by atoms with Crippen molar-refractivity contribution in [3.63, 3.8) is 0 Å². The number of ether oxygens (including phenoxy) is 1. The summed E-state index contributed by atoms with van der Waals surface area (Å²) >= 11 is 2.17. The van der Waals surface area contributed by atoms with Crippen LogP contribution in [-0.4, -0.2) is 17.1 Å². The highest BCUT2D eigenvalue weighted by molar-refractivity contribution is 8.05. The molecule has 0 bridgehead atoms. The molecule has 0 aromatic heterocycles. The fourth-order valence-corrected chi connectivity index (χ4v) is 13.6. The molecule has 2 saturated carbocycles. The average molecular weight is 747 g/mol. The number of nitrogens with zero attached hydrogens (tertiary/aromatic N) is 2. The van der Waals surface area contributed by atoms with Crippen LogP contribution in [-0.2, 0) is 16.2 Å². The first-order chi connectivity index (χ1) is 25.9. The van der Waals surface area contributed by atoms with Crippen molar-refractivity contribution in [1.82, 2.24) is 0 Å². The second kappa shape index (κ2) is 11.3. The first kappa shape index (κ1) is 35.8. The molecule has 0 spiro atoms. The highest BCUT2D eigenvalue weighted by Gasteiger charge is 2.64. The van der Waals surface area contributed by atoms with Gasteiger partial charge >= 0.3 is 0 Å². The number of benzene rings is 4. The van der Waals surface area contributed by atoms with Crippen LogP contribution in [0.3, 0.4) is 0 Å². The summed E-state index contributed by atoms with van der Waals surface area (Å²) in [4.78, 5) is 5.31. The topological polar surface area (TPSA) is 15.7 Å². The van der Waals surface area contributed by atoms with Gasteiger partial charge in [0.15, 0.2) is 0 Å².